The van der Waals surface area contributed by atoms with Crippen LogP contribution in [0.3, 0.4) is 0 Å². The summed E-state index contributed by atoms with van der Waals surface area (Å²) < 4.78 is 0. The van der Waals surface area contributed by atoms with Crippen molar-refractivity contribution < 1.29 is 9.59 Å². The lowest BCUT2D eigenvalue weighted by molar-refractivity contribution is -0.127. The molecule has 24 heavy (non-hydrogen) atoms. The average Bonchev–Trinajstić information content (AvgIpc) is 2.97. The second-order valence-electron chi connectivity index (χ2n) is 7.38. The van der Waals surface area contributed by atoms with Crippen LogP contribution in [0.5, 0.6) is 0 Å². The Morgan fingerprint density at radius 2 is 2.00 bits per heavy atom. The number of nitrogens with one attached hydrogen (secondary N) is 1. The monoisotopic (exact) mass is 328 g/mol. The fourth-order valence-electron chi connectivity index (χ4n) is 3.96. The lowest BCUT2D eigenvalue weighted by Crippen LogP contribution is -2.41. The van der Waals surface area contributed by atoms with E-state index in [1.54, 1.807) is 4.90 Å². The smallest absolute Gasteiger partial charge is 0.227 e. The fourth-order valence-corrected chi connectivity index (χ4v) is 3.96. The van der Waals surface area contributed by atoms with Gasteiger partial charge in [-0.15, -0.1) is 0 Å². The number of rotatable bonds is 4. The van der Waals surface area contributed by atoms with Crippen LogP contribution in [-0.2, 0) is 9.59 Å². The molecule has 0 bridgehead atoms. The van der Waals surface area contributed by atoms with Crippen molar-refractivity contribution in [1.82, 2.24) is 5.32 Å². The van der Waals surface area contributed by atoms with Crippen molar-refractivity contribution in [2.45, 2.75) is 58.4 Å². The number of carbonyl (C=O) groups excluding carboxylic acids is 2. The normalized spacial score (nSPS) is 27.3. The molecule has 0 radical (unpaired) electrons. The minimum atomic E-state index is -0.220. The highest BCUT2D eigenvalue weighted by Crippen LogP contribution is 2.28. The van der Waals surface area contributed by atoms with Gasteiger partial charge >= 0.3 is 0 Å². The van der Waals surface area contributed by atoms with Crippen molar-refractivity contribution in [3.63, 3.8) is 0 Å². The fraction of sp³-hybridized carbons (Fsp3) is 0.600. The third kappa shape index (κ3) is 3.80. The van der Waals surface area contributed by atoms with Gasteiger partial charge in [0.15, 0.2) is 0 Å². The standard InChI is InChI=1S/C20H28N2O2/c1-3-15-7-9-17(10-8-15)21-20(24)16-12-19(23)22(13-16)18-6-4-5-14(2)11-18/h4-6,11,15-17H,3,7-10,12-13H2,1-2H3,(H,21,24)/t15?,16-,17?/m0/s1. The van der Waals surface area contributed by atoms with E-state index < -0.39 is 0 Å². The van der Waals surface area contributed by atoms with Gasteiger partial charge in [0.1, 0.15) is 0 Å². The maximum absolute atomic E-state index is 12.6. The van der Waals surface area contributed by atoms with Gasteiger partial charge in [-0.2, -0.15) is 0 Å². The SMILES string of the molecule is CCC1CCC(NC(=O)[C@H]2CC(=O)N(c3cccc(C)c3)C2)CC1. The summed E-state index contributed by atoms with van der Waals surface area (Å²) in [6, 6.07) is 8.21. The van der Waals surface area contributed by atoms with Gasteiger partial charge in [-0.3, -0.25) is 9.59 Å². The molecule has 0 aromatic heterocycles. The highest BCUT2D eigenvalue weighted by Gasteiger charge is 2.36. The van der Waals surface area contributed by atoms with Crippen molar-refractivity contribution in [1.29, 1.82) is 0 Å². The van der Waals surface area contributed by atoms with E-state index in [4.69, 9.17) is 0 Å². The molecule has 2 amide bonds. The number of nitrogens with zero attached hydrogens (tertiary/aromatic N) is 1. The van der Waals surface area contributed by atoms with Crippen molar-refractivity contribution in [3.05, 3.63) is 29.8 Å². The maximum Gasteiger partial charge on any atom is 0.227 e. The van der Waals surface area contributed by atoms with Crippen LogP contribution in [0, 0.1) is 18.8 Å². The number of hydrogen-bond donors (Lipinski definition) is 1. The van der Waals surface area contributed by atoms with Gasteiger partial charge < -0.3 is 10.2 Å². The zero-order chi connectivity index (χ0) is 17.1. The van der Waals surface area contributed by atoms with E-state index in [1.807, 2.05) is 31.2 Å². The topological polar surface area (TPSA) is 49.4 Å². The van der Waals surface area contributed by atoms with Crippen molar-refractivity contribution in [2.24, 2.45) is 11.8 Å². The predicted octanol–water partition coefficient (Wildman–Crippen LogP) is 3.43. The number of aryl methyl sites for hydroxylation is 1. The van der Waals surface area contributed by atoms with Crippen LogP contribution in [0.4, 0.5) is 5.69 Å². The maximum atomic E-state index is 12.6. The Morgan fingerprint density at radius 3 is 2.67 bits per heavy atom. The summed E-state index contributed by atoms with van der Waals surface area (Å²) in [5, 5.41) is 3.19. The third-order valence-corrected chi connectivity index (χ3v) is 5.58. The van der Waals surface area contributed by atoms with Crippen LogP contribution in [0.15, 0.2) is 24.3 Å². The first-order chi connectivity index (χ1) is 11.6. The van der Waals surface area contributed by atoms with E-state index in [1.165, 1.54) is 19.3 Å². The highest BCUT2D eigenvalue weighted by atomic mass is 16.2. The Hall–Kier alpha value is -1.84. The van der Waals surface area contributed by atoms with Gasteiger partial charge in [0, 0.05) is 24.7 Å². The summed E-state index contributed by atoms with van der Waals surface area (Å²) >= 11 is 0. The molecule has 130 valence electrons. The molecule has 1 saturated carbocycles. The first-order valence-corrected chi connectivity index (χ1v) is 9.24. The Balaban J connectivity index is 1.56. The zero-order valence-corrected chi connectivity index (χ0v) is 14.8. The molecule has 0 spiro atoms. The van der Waals surface area contributed by atoms with Crippen LogP contribution >= 0.6 is 0 Å². The number of carbonyl (C=O) groups is 2. The molecule has 1 atom stereocenters. The minimum absolute atomic E-state index is 0.0513. The molecular weight excluding hydrogens is 300 g/mol. The second-order valence-corrected chi connectivity index (χ2v) is 7.38. The van der Waals surface area contributed by atoms with Gasteiger partial charge in [-0.05, 0) is 56.2 Å². The molecule has 2 fully saturated rings. The highest BCUT2D eigenvalue weighted by molar-refractivity contribution is 6.00. The lowest BCUT2D eigenvalue weighted by Gasteiger charge is -2.29. The quantitative estimate of drug-likeness (QED) is 0.920. The van der Waals surface area contributed by atoms with Crippen LogP contribution in [-0.4, -0.2) is 24.4 Å². The summed E-state index contributed by atoms with van der Waals surface area (Å²) in [6.07, 6.45) is 6.13. The molecule has 4 nitrogen and oxygen atoms in total. The first kappa shape index (κ1) is 17.0. The average molecular weight is 328 g/mol. The molecule has 0 unspecified atom stereocenters. The number of amides is 2. The molecular formula is C20H28N2O2. The summed E-state index contributed by atoms with van der Waals surface area (Å²) in [4.78, 5) is 26.6. The van der Waals surface area contributed by atoms with E-state index in [0.29, 0.717) is 19.0 Å². The summed E-state index contributed by atoms with van der Waals surface area (Å²) in [5.74, 6) is 0.707. The van der Waals surface area contributed by atoms with E-state index in [-0.39, 0.29) is 17.7 Å². The summed E-state index contributed by atoms with van der Waals surface area (Å²) in [7, 11) is 0. The van der Waals surface area contributed by atoms with Crippen molar-refractivity contribution in [2.75, 3.05) is 11.4 Å². The Labute approximate surface area is 144 Å². The van der Waals surface area contributed by atoms with Crippen LogP contribution in [0.25, 0.3) is 0 Å². The summed E-state index contributed by atoms with van der Waals surface area (Å²) in [5.41, 5.74) is 2.03. The van der Waals surface area contributed by atoms with Gasteiger partial charge in [0.2, 0.25) is 11.8 Å². The Kier molecular flexibility index (Phi) is 5.22. The summed E-state index contributed by atoms with van der Waals surface area (Å²) in [6.45, 7) is 4.76. The number of anilines is 1. The molecule has 1 aromatic rings. The molecule has 1 heterocycles. The zero-order valence-electron chi connectivity index (χ0n) is 14.8. The van der Waals surface area contributed by atoms with E-state index in [0.717, 1.165) is 30.0 Å². The molecule has 1 N–H and O–H groups in total. The van der Waals surface area contributed by atoms with Crippen molar-refractivity contribution in [3.8, 4) is 0 Å². The molecule has 1 saturated heterocycles. The third-order valence-electron chi connectivity index (χ3n) is 5.58. The van der Waals surface area contributed by atoms with Gasteiger partial charge in [0.25, 0.3) is 0 Å². The van der Waals surface area contributed by atoms with E-state index in [2.05, 4.69) is 12.2 Å². The number of benzene rings is 1. The molecule has 2 aliphatic rings. The van der Waals surface area contributed by atoms with E-state index in [9.17, 15) is 9.59 Å². The molecule has 3 rings (SSSR count). The van der Waals surface area contributed by atoms with Crippen LogP contribution in [0.1, 0.15) is 51.0 Å². The van der Waals surface area contributed by atoms with Gasteiger partial charge in [0.05, 0.1) is 5.92 Å². The first-order valence-electron chi connectivity index (χ1n) is 9.24. The second kappa shape index (κ2) is 7.37. The van der Waals surface area contributed by atoms with Crippen LogP contribution < -0.4 is 10.2 Å². The van der Waals surface area contributed by atoms with E-state index >= 15 is 0 Å². The molecule has 1 aliphatic carbocycles. The largest absolute Gasteiger partial charge is 0.353 e. The van der Waals surface area contributed by atoms with Crippen LogP contribution in [0.2, 0.25) is 0 Å². The molecule has 4 heteroatoms. The minimum Gasteiger partial charge on any atom is -0.353 e. The van der Waals surface area contributed by atoms with Gasteiger partial charge in [-0.25, -0.2) is 0 Å². The predicted molar refractivity (Wildman–Crippen MR) is 95.8 cm³/mol. The van der Waals surface area contributed by atoms with Crippen molar-refractivity contribution >= 4 is 17.5 Å². The molecule has 1 aromatic carbocycles. The molecule has 1 aliphatic heterocycles. The lowest BCUT2D eigenvalue weighted by atomic mass is 9.84. The Morgan fingerprint density at radius 1 is 1.25 bits per heavy atom. The van der Waals surface area contributed by atoms with Gasteiger partial charge in [-0.1, -0.05) is 25.5 Å². The Bertz CT molecular complexity index is 605. The number of hydrogen-bond acceptors (Lipinski definition) is 2.